The summed E-state index contributed by atoms with van der Waals surface area (Å²) in [5, 5.41) is 10.6. The minimum absolute atomic E-state index is 0.142. The van der Waals surface area contributed by atoms with Crippen LogP contribution in [0.5, 0.6) is 0 Å². The number of hydrogen-bond donors (Lipinski definition) is 1. The van der Waals surface area contributed by atoms with E-state index in [1.54, 1.807) is 11.3 Å². The fraction of sp³-hybridized carbons (Fsp3) is 0.474. The maximum atomic E-state index is 11.6. The van der Waals surface area contributed by atoms with Crippen LogP contribution in [0.2, 0.25) is 0 Å². The van der Waals surface area contributed by atoms with E-state index in [4.69, 9.17) is 4.98 Å². The van der Waals surface area contributed by atoms with Crippen LogP contribution in [0.3, 0.4) is 0 Å². The van der Waals surface area contributed by atoms with Gasteiger partial charge in [0.15, 0.2) is 0 Å². The largest absolute Gasteiger partial charge is 0.465 e. The second kappa shape index (κ2) is 6.42. The van der Waals surface area contributed by atoms with Gasteiger partial charge in [-0.1, -0.05) is 19.1 Å². The lowest BCUT2D eigenvalue weighted by molar-refractivity contribution is 0.159. The standard InChI is InChI=1S/C19H25N3O2S/c1-12-6-8-15(22(11-12)18(23)24)13-7-9-16-14(10-13)20-17(25-16)19(2,3)21(4)5/h7-10,12H,6,11H2,1-5H3,(H,23,24). The van der Waals surface area contributed by atoms with E-state index in [1.807, 2.05) is 18.2 Å². The van der Waals surface area contributed by atoms with Crippen molar-refractivity contribution < 1.29 is 9.90 Å². The van der Waals surface area contributed by atoms with E-state index in [-0.39, 0.29) is 5.54 Å². The number of rotatable bonds is 3. The molecule has 2 aromatic rings. The zero-order valence-corrected chi connectivity index (χ0v) is 16.2. The van der Waals surface area contributed by atoms with Crippen molar-refractivity contribution in [3.8, 4) is 0 Å². The molecule has 1 aliphatic heterocycles. The van der Waals surface area contributed by atoms with E-state index in [9.17, 15) is 9.90 Å². The average molecular weight is 359 g/mol. The van der Waals surface area contributed by atoms with E-state index in [2.05, 4.69) is 45.8 Å². The van der Waals surface area contributed by atoms with Gasteiger partial charge in [-0.3, -0.25) is 9.80 Å². The molecule has 1 atom stereocenters. The van der Waals surface area contributed by atoms with Crippen molar-refractivity contribution >= 4 is 33.3 Å². The zero-order valence-electron chi connectivity index (χ0n) is 15.4. The molecular formula is C19H25N3O2S. The van der Waals surface area contributed by atoms with E-state index in [0.29, 0.717) is 12.5 Å². The second-order valence-corrected chi connectivity index (χ2v) is 8.51. The van der Waals surface area contributed by atoms with Crippen molar-refractivity contribution in [2.75, 3.05) is 20.6 Å². The molecule has 25 heavy (non-hydrogen) atoms. The Morgan fingerprint density at radius 2 is 2.12 bits per heavy atom. The second-order valence-electron chi connectivity index (χ2n) is 7.48. The van der Waals surface area contributed by atoms with Crippen molar-refractivity contribution in [3.63, 3.8) is 0 Å². The summed E-state index contributed by atoms with van der Waals surface area (Å²) >= 11 is 1.69. The SMILES string of the molecule is CC1CC=C(c2ccc3sc(C(C)(C)N(C)C)nc3c2)N(C(=O)O)C1. The summed E-state index contributed by atoms with van der Waals surface area (Å²) in [4.78, 5) is 20.1. The van der Waals surface area contributed by atoms with E-state index >= 15 is 0 Å². The van der Waals surface area contributed by atoms with Crippen molar-refractivity contribution in [1.82, 2.24) is 14.8 Å². The number of amides is 1. The van der Waals surface area contributed by atoms with Crippen LogP contribution in [-0.4, -0.2) is 46.6 Å². The van der Waals surface area contributed by atoms with E-state index in [1.165, 1.54) is 4.90 Å². The van der Waals surface area contributed by atoms with Crippen molar-refractivity contribution in [2.45, 2.75) is 32.7 Å². The Morgan fingerprint density at radius 3 is 2.76 bits per heavy atom. The van der Waals surface area contributed by atoms with Gasteiger partial charge >= 0.3 is 6.09 Å². The highest BCUT2D eigenvalue weighted by Gasteiger charge is 2.28. The van der Waals surface area contributed by atoms with Crippen molar-refractivity contribution in [1.29, 1.82) is 0 Å². The van der Waals surface area contributed by atoms with Crippen LogP contribution in [0, 0.1) is 5.92 Å². The maximum Gasteiger partial charge on any atom is 0.411 e. The first-order valence-corrected chi connectivity index (χ1v) is 9.31. The Labute approximate surface area is 152 Å². The molecule has 0 radical (unpaired) electrons. The van der Waals surface area contributed by atoms with E-state index < -0.39 is 6.09 Å². The van der Waals surface area contributed by atoms with Gasteiger partial charge in [0, 0.05) is 12.1 Å². The number of aromatic nitrogens is 1. The number of nitrogens with zero attached hydrogens (tertiary/aromatic N) is 3. The highest BCUT2D eigenvalue weighted by atomic mass is 32.1. The Kier molecular flexibility index (Phi) is 4.60. The zero-order chi connectivity index (χ0) is 18.4. The average Bonchev–Trinajstić information content (AvgIpc) is 2.98. The molecule has 0 fully saturated rings. The molecule has 0 bridgehead atoms. The smallest absolute Gasteiger partial charge is 0.411 e. The van der Waals surface area contributed by atoms with E-state index in [0.717, 1.165) is 32.9 Å². The molecule has 6 heteroatoms. The van der Waals surface area contributed by atoms with Crippen LogP contribution in [-0.2, 0) is 5.54 Å². The molecule has 1 aromatic heterocycles. The molecule has 3 rings (SSSR count). The third-order valence-electron chi connectivity index (χ3n) is 5.05. The summed E-state index contributed by atoms with van der Waals surface area (Å²) in [7, 11) is 4.10. The Bertz CT molecular complexity index is 838. The van der Waals surface area contributed by atoms with Gasteiger partial charge < -0.3 is 5.11 Å². The van der Waals surface area contributed by atoms with Gasteiger partial charge in [-0.2, -0.15) is 0 Å². The van der Waals surface area contributed by atoms with Crippen LogP contribution in [0.1, 0.15) is 37.8 Å². The molecule has 0 spiro atoms. The maximum absolute atomic E-state index is 11.6. The molecule has 0 aliphatic carbocycles. The third kappa shape index (κ3) is 3.28. The van der Waals surface area contributed by atoms with Crippen LogP contribution >= 0.6 is 11.3 Å². The highest BCUT2D eigenvalue weighted by Crippen LogP contribution is 2.35. The number of benzene rings is 1. The number of hydrogen-bond acceptors (Lipinski definition) is 4. The molecule has 134 valence electrons. The quantitative estimate of drug-likeness (QED) is 0.879. The molecule has 1 amide bonds. The Balaban J connectivity index is 2.03. The first-order chi connectivity index (χ1) is 11.7. The van der Waals surface area contributed by atoms with Crippen LogP contribution in [0.4, 0.5) is 4.79 Å². The van der Waals surface area contributed by atoms with Gasteiger partial charge in [-0.25, -0.2) is 9.78 Å². The molecule has 1 unspecified atom stereocenters. The molecule has 2 heterocycles. The van der Waals surface area contributed by atoms with Crippen LogP contribution in [0.15, 0.2) is 24.3 Å². The number of carboxylic acid groups (broad SMARTS) is 1. The number of fused-ring (bicyclic) bond motifs is 1. The summed E-state index contributed by atoms with van der Waals surface area (Å²) < 4.78 is 1.13. The highest BCUT2D eigenvalue weighted by molar-refractivity contribution is 7.18. The molecule has 1 N–H and O–H groups in total. The minimum Gasteiger partial charge on any atom is -0.465 e. The number of carbonyl (C=O) groups is 1. The fourth-order valence-corrected chi connectivity index (χ4v) is 4.03. The lowest BCUT2D eigenvalue weighted by Gasteiger charge is -2.30. The van der Waals surface area contributed by atoms with Crippen molar-refractivity contribution in [3.05, 3.63) is 34.8 Å². The predicted molar refractivity (Wildman–Crippen MR) is 103 cm³/mol. The predicted octanol–water partition coefficient (Wildman–Crippen LogP) is 4.45. The summed E-state index contributed by atoms with van der Waals surface area (Å²) in [6, 6.07) is 6.07. The molecule has 1 aromatic carbocycles. The minimum atomic E-state index is -0.898. The van der Waals surface area contributed by atoms with Gasteiger partial charge in [-0.15, -0.1) is 11.3 Å². The van der Waals surface area contributed by atoms with Gasteiger partial charge in [-0.05, 0) is 52.4 Å². The number of thiazole rings is 1. The normalized spacial score (nSPS) is 18.7. The Hall–Kier alpha value is -1.92. The lowest BCUT2D eigenvalue weighted by Crippen LogP contribution is -2.35. The van der Waals surface area contributed by atoms with Crippen LogP contribution < -0.4 is 0 Å². The molecule has 0 saturated carbocycles. The topological polar surface area (TPSA) is 56.7 Å². The van der Waals surface area contributed by atoms with Gasteiger partial charge in [0.25, 0.3) is 0 Å². The summed E-state index contributed by atoms with van der Waals surface area (Å²) in [5.41, 5.74) is 2.48. The first kappa shape index (κ1) is 17.9. The Morgan fingerprint density at radius 1 is 1.40 bits per heavy atom. The third-order valence-corrected chi connectivity index (χ3v) is 6.40. The summed E-state index contributed by atoms with van der Waals surface area (Å²) in [6.07, 6.45) is 2.03. The molecule has 1 aliphatic rings. The lowest BCUT2D eigenvalue weighted by atomic mass is 9.98. The van der Waals surface area contributed by atoms with Crippen molar-refractivity contribution in [2.24, 2.45) is 5.92 Å². The summed E-state index contributed by atoms with van der Waals surface area (Å²) in [6.45, 7) is 6.92. The molecule has 5 nitrogen and oxygen atoms in total. The van der Waals surface area contributed by atoms with Gasteiger partial charge in [0.05, 0.1) is 21.5 Å². The van der Waals surface area contributed by atoms with Gasteiger partial charge in [0.1, 0.15) is 5.01 Å². The first-order valence-electron chi connectivity index (χ1n) is 8.49. The van der Waals surface area contributed by atoms with Crippen LogP contribution in [0.25, 0.3) is 15.9 Å². The fourth-order valence-electron chi connectivity index (χ4n) is 2.90. The summed E-state index contributed by atoms with van der Waals surface area (Å²) in [5.74, 6) is 0.343. The number of allylic oxidation sites excluding steroid dienone is 1. The monoisotopic (exact) mass is 359 g/mol. The molecular weight excluding hydrogens is 334 g/mol. The molecule has 0 saturated heterocycles. The van der Waals surface area contributed by atoms with Gasteiger partial charge in [0.2, 0.25) is 0 Å².